The third-order valence-electron chi connectivity index (χ3n) is 3.99. The van der Waals surface area contributed by atoms with E-state index in [0.29, 0.717) is 6.61 Å². The highest BCUT2D eigenvalue weighted by Gasteiger charge is 2.07. The van der Waals surface area contributed by atoms with Crippen LogP contribution in [0.2, 0.25) is 0 Å². The van der Waals surface area contributed by atoms with Crippen molar-refractivity contribution in [3.05, 3.63) is 77.4 Å². The lowest BCUT2D eigenvalue weighted by molar-refractivity contribution is -0.138. The van der Waals surface area contributed by atoms with Crippen LogP contribution in [0.5, 0.6) is 0 Å². The van der Waals surface area contributed by atoms with Crippen LogP contribution in [0.1, 0.15) is 30.5 Å². The Hall–Kier alpha value is -2.39. The first-order valence-corrected chi connectivity index (χ1v) is 8.42. The van der Waals surface area contributed by atoms with Crippen molar-refractivity contribution in [2.45, 2.75) is 27.0 Å². The molecule has 2 rings (SSSR count). The Morgan fingerprint density at radius 1 is 0.958 bits per heavy atom. The highest BCUT2D eigenvalue weighted by Crippen LogP contribution is 2.13. The van der Waals surface area contributed by atoms with Crippen LogP contribution in [0.25, 0.3) is 6.08 Å². The molecule has 0 aliphatic rings. The summed E-state index contributed by atoms with van der Waals surface area (Å²) in [6, 6.07) is 17.8. The van der Waals surface area contributed by atoms with Gasteiger partial charge in [-0.05, 0) is 35.9 Å². The van der Waals surface area contributed by atoms with Crippen LogP contribution in [0, 0.1) is 0 Å². The Morgan fingerprint density at radius 2 is 1.58 bits per heavy atom. The lowest BCUT2D eigenvalue weighted by Crippen LogP contribution is -2.23. The molecule has 0 heterocycles. The van der Waals surface area contributed by atoms with Crippen molar-refractivity contribution in [2.24, 2.45) is 0 Å². The Labute approximate surface area is 144 Å². The van der Waals surface area contributed by atoms with Gasteiger partial charge in [0.1, 0.15) is 6.61 Å². The predicted molar refractivity (Wildman–Crippen MR) is 98.3 cm³/mol. The van der Waals surface area contributed by atoms with Crippen LogP contribution in [0.15, 0.2) is 60.7 Å². The normalized spacial score (nSPS) is 11.1. The largest absolute Gasteiger partial charge is 0.458 e. The zero-order valence-electron chi connectivity index (χ0n) is 14.4. The summed E-state index contributed by atoms with van der Waals surface area (Å²) >= 11 is 0. The Balaban J connectivity index is 1.94. The summed E-state index contributed by atoms with van der Waals surface area (Å²) in [4.78, 5) is 14.3. The lowest BCUT2D eigenvalue weighted by Gasteiger charge is -2.20. The van der Waals surface area contributed by atoms with Crippen molar-refractivity contribution >= 4 is 12.0 Å². The van der Waals surface area contributed by atoms with Crippen molar-refractivity contribution in [3.8, 4) is 0 Å². The SMILES string of the molecule is CCN(CC)Cc1ccccc1COC(=O)/C=C\c1ccccc1. The second-order valence-corrected chi connectivity index (χ2v) is 5.58. The van der Waals surface area contributed by atoms with Crippen molar-refractivity contribution in [1.82, 2.24) is 4.90 Å². The minimum absolute atomic E-state index is 0.301. The standard InChI is InChI=1S/C21H25NO2/c1-3-22(4-2)16-19-12-8-9-13-20(19)17-24-21(23)15-14-18-10-6-5-7-11-18/h5-15H,3-4,16-17H2,1-2H3/b15-14-. The van der Waals surface area contributed by atoms with Gasteiger partial charge >= 0.3 is 5.97 Å². The van der Waals surface area contributed by atoms with Crippen molar-refractivity contribution < 1.29 is 9.53 Å². The first kappa shape index (κ1) is 18.0. The molecule has 24 heavy (non-hydrogen) atoms. The summed E-state index contributed by atoms with van der Waals surface area (Å²) < 4.78 is 5.40. The quantitative estimate of drug-likeness (QED) is 0.536. The molecule has 0 unspecified atom stereocenters. The van der Waals surface area contributed by atoms with Gasteiger partial charge in [-0.25, -0.2) is 4.79 Å². The third kappa shape index (κ3) is 5.67. The zero-order chi connectivity index (χ0) is 17.2. The Kier molecular flexibility index (Phi) is 7.24. The maximum atomic E-state index is 11.9. The lowest BCUT2D eigenvalue weighted by atomic mass is 10.1. The Bertz CT molecular complexity index is 661. The van der Waals surface area contributed by atoms with E-state index in [0.717, 1.165) is 30.8 Å². The molecule has 0 bridgehead atoms. The smallest absolute Gasteiger partial charge is 0.331 e. The average Bonchev–Trinajstić information content (AvgIpc) is 2.64. The summed E-state index contributed by atoms with van der Waals surface area (Å²) in [6.45, 7) is 7.49. The number of ether oxygens (including phenoxy) is 1. The summed E-state index contributed by atoms with van der Waals surface area (Å²) in [5.74, 6) is -0.323. The highest BCUT2D eigenvalue weighted by atomic mass is 16.5. The minimum atomic E-state index is -0.323. The molecule has 0 N–H and O–H groups in total. The number of carbonyl (C=O) groups excluding carboxylic acids is 1. The molecule has 0 saturated carbocycles. The van der Waals surface area contributed by atoms with Gasteiger partial charge in [-0.2, -0.15) is 0 Å². The van der Waals surface area contributed by atoms with Crippen molar-refractivity contribution in [3.63, 3.8) is 0 Å². The number of nitrogens with zero attached hydrogens (tertiary/aromatic N) is 1. The number of hydrogen-bond acceptors (Lipinski definition) is 3. The van der Waals surface area contributed by atoms with Gasteiger partial charge in [0, 0.05) is 12.6 Å². The van der Waals surface area contributed by atoms with Gasteiger partial charge in [-0.15, -0.1) is 0 Å². The fraction of sp³-hybridized carbons (Fsp3) is 0.286. The number of rotatable bonds is 8. The molecule has 0 radical (unpaired) electrons. The van der Waals surface area contributed by atoms with E-state index in [2.05, 4.69) is 24.8 Å². The maximum absolute atomic E-state index is 11.9. The van der Waals surface area contributed by atoms with Gasteiger partial charge < -0.3 is 4.74 Å². The minimum Gasteiger partial charge on any atom is -0.458 e. The molecule has 0 amide bonds. The molecule has 3 heteroatoms. The van der Waals surface area contributed by atoms with Crippen molar-refractivity contribution in [2.75, 3.05) is 13.1 Å². The van der Waals surface area contributed by atoms with Gasteiger partial charge in [-0.1, -0.05) is 68.4 Å². The molecule has 0 atom stereocenters. The van der Waals surface area contributed by atoms with E-state index >= 15 is 0 Å². The van der Waals surface area contributed by atoms with Gasteiger partial charge in [-0.3, -0.25) is 4.90 Å². The molecule has 2 aromatic rings. The molecule has 2 aromatic carbocycles. The summed E-state index contributed by atoms with van der Waals surface area (Å²) in [5, 5.41) is 0. The Morgan fingerprint density at radius 3 is 2.25 bits per heavy atom. The van der Waals surface area contributed by atoms with Crippen molar-refractivity contribution in [1.29, 1.82) is 0 Å². The highest BCUT2D eigenvalue weighted by molar-refractivity contribution is 5.87. The van der Waals surface area contributed by atoms with Crippen LogP contribution < -0.4 is 0 Å². The van der Waals surface area contributed by atoms with E-state index in [1.807, 2.05) is 48.5 Å². The van der Waals surface area contributed by atoms with Crippen LogP contribution in [0.3, 0.4) is 0 Å². The van der Waals surface area contributed by atoms with E-state index in [1.54, 1.807) is 6.08 Å². The maximum Gasteiger partial charge on any atom is 0.331 e. The average molecular weight is 323 g/mol. The first-order chi connectivity index (χ1) is 11.7. The summed E-state index contributed by atoms with van der Waals surface area (Å²) in [7, 11) is 0. The van der Waals surface area contributed by atoms with Crippen LogP contribution in [0.4, 0.5) is 0 Å². The molecule has 126 valence electrons. The van der Waals surface area contributed by atoms with E-state index in [-0.39, 0.29) is 5.97 Å². The fourth-order valence-corrected chi connectivity index (χ4v) is 2.47. The van der Waals surface area contributed by atoms with Gasteiger partial charge in [0.25, 0.3) is 0 Å². The van der Waals surface area contributed by atoms with Crippen LogP contribution >= 0.6 is 0 Å². The van der Waals surface area contributed by atoms with E-state index in [9.17, 15) is 4.79 Å². The van der Waals surface area contributed by atoms with E-state index < -0.39 is 0 Å². The molecular weight excluding hydrogens is 298 g/mol. The second kappa shape index (κ2) is 9.68. The topological polar surface area (TPSA) is 29.5 Å². The molecule has 0 aliphatic heterocycles. The molecule has 0 aromatic heterocycles. The number of carbonyl (C=O) groups is 1. The van der Waals surface area contributed by atoms with E-state index in [4.69, 9.17) is 4.74 Å². The van der Waals surface area contributed by atoms with Crippen LogP contribution in [-0.2, 0) is 22.7 Å². The fourth-order valence-electron chi connectivity index (χ4n) is 2.47. The second-order valence-electron chi connectivity index (χ2n) is 5.58. The van der Waals surface area contributed by atoms with Gasteiger partial charge in [0.15, 0.2) is 0 Å². The monoisotopic (exact) mass is 323 g/mol. The predicted octanol–water partition coefficient (Wildman–Crippen LogP) is 4.29. The summed E-state index contributed by atoms with van der Waals surface area (Å²) in [6.07, 6.45) is 3.24. The number of hydrogen-bond donors (Lipinski definition) is 0. The third-order valence-corrected chi connectivity index (χ3v) is 3.99. The molecular formula is C21H25NO2. The zero-order valence-corrected chi connectivity index (χ0v) is 14.4. The number of esters is 1. The molecule has 0 fully saturated rings. The number of benzene rings is 2. The van der Waals surface area contributed by atoms with Gasteiger partial charge in [0.05, 0.1) is 0 Å². The summed E-state index contributed by atoms with van der Waals surface area (Å²) in [5.41, 5.74) is 3.25. The molecule has 0 saturated heterocycles. The van der Waals surface area contributed by atoms with Gasteiger partial charge in [0.2, 0.25) is 0 Å². The van der Waals surface area contributed by atoms with E-state index in [1.165, 1.54) is 11.6 Å². The first-order valence-electron chi connectivity index (χ1n) is 8.42. The van der Waals surface area contributed by atoms with Crippen LogP contribution in [-0.4, -0.2) is 24.0 Å². The molecule has 0 aliphatic carbocycles. The molecule has 3 nitrogen and oxygen atoms in total. The molecule has 0 spiro atoms.